The Morgan fingerprint density at radius 2 is 1.19 bits per heavy atom. The van der Waals surface area contributed by atoms with E-state index in [1.54, 1.807) is 11.1 Å². The van der Waals surface area contributed by atoms with Crippen molar-refractivity contribution in [3.05, 3.63) is 34.9 Å². The third kappa shape index (κ3) is 2.67. The topological polar surface area (TPSA) is 0 Å². The van der Waals surface area contributed by atoms with Crippen LogP contribution in [0.25, 0.3) is 0 Å². The first-order chi connectivity index (χ1) is 9.28. The minimum absolute atomic E-state index is 0.240. The molecule has 0 unspecified atom stereocenters. The van der Waals surface area contributed by atoms with Crippen LogP contribution in [0.15, 0.2) is 18.2 Å². The summed E-state index contributed by atoms with van der Waals surface area (Å²) in [6.45, 7) is 21.5. The average Bonchev–Trinajstić information content (AvgIpc) is 2.65. The molecule has 1 aromatic carbocycles. The smallest absolute Gasteiger partial charge is 0.0119 e. The second kappa shape index (κ2) is 4.61. The molecule has 0 aliphatic heterocycles. The summed E-state index contributed by atoms with van der Waals surface area (Å²) in [7, 11) is 0. The van der Waals surface area contributed by atoms with E-state index < -0.39 is 0 Å². The van der Waals surface area contributed by atoms with Gasteiger partial charge in [0.15, 0.2) is 0 Å². The molecule has 0 fully saturated rings. The lowest BCUT2D eigenvalue weighted by molar-refractivity contribution is -0.0221. The van der Waals surface area contributed by atoms with Gasteiger partial charge in [-0.25, -0.2) is 0 Å². The molecule has 0 atom stereocenters. The van der Waals surface area contributed by atoms with Crippen LogP contribution in [-0.4, -0.2) is 0 Å². The lowest BCUT2D eigenvalue weighted by Crippen LogP contribution is -2.47. The van der Waals surface area contributed by atoms with E-state index in [2.05, 4.69) is 80.5 Å². The molecule has 1 aromatic rings. The van der Waals surface area contributed by atoms with Gasteiger partial charge in [-0.05, 0) is 51.2 Å². The molecular formula is C21H34. The van der Waals surface area contributed by atoms with Crippen molar-refractivity contribution in [1.29, 1.82) is 0 Å². The third-order valence-electron chi connectivity index (χ3n) is 5.93. The van der Waals surface area contributed by atoms with Crippen molar-refractivity contribution in [3.63, 3.8) is 0 Å². The Hall–Kier alpha value is -0.780. The molecule has 1 aliphatic carbocycles. The van der Waals surface area contributed by atoms with Crippen LogP contribution in [0.3, 0.4) is 0 Å². The van der Waals surface area contributed by atoms with Gasteiger partial charge >= 0.3 is 0 Å². The Morgan fingerprint density at radius 3 is 1.62 bits per heavy atom. The van der Waals surface area contributed by atoms with E-state index in [9.17, 15) is 0 Å². The van der Waals surface area contributed by atoms with Crippen LogP contribution in [0, 0.1) is 16.2 Å². The van der Waals surface area contributed by atoms with Gasteiger partial charge in [0.25, 0.3) is 0 Å². The largest absolute Gasteiger partial charge is 0.0596 e. The number of hydrogen-bond donors (Lipinski definition) is 0. The highest BCUT2D eigenvalue weighted by molar-refractivity contribution is 5.41. The predicted molar refractivity (Wildman–Crippen MR) is 93.9 cm³/mol. The van der Waals surface area contributed by atoms with E-state index in [-0.39, 0.29) is 5.41 Å². The standard InChI is InChI=1S/C21H34/c1-18(2,3)17-11-10-15-13-21(19(4,5)6,20(7,8)9)14-16(15)12-17/h10-12H,13-14H2,1-9H3. The van der Waals surface area contributed by atoms with E-state index in [4.69, 9.17) is 0 Å². The molecule has 0 nitrogen and oxygen atoms in total. The molecule has 0 aromatic heterocycles. The van der Waals surface area contributed by atoms with Crippen molar-refractivity contribution in [1.82, 2.24) is 0 Å². The summed E-state index contributed by atoms with van der Waals surface area (Å²) in [5.41, 5.74) is 5.85. The van der Waals surface area contributed by atoms with Crippen molar-refractivity contribution >= 4 is 0 Å². The Labute approximate surface area is 132 Å². The van der Waals surface area contributed by atoms with Gasteiger partial charge in [-0.1, -0.05) is 80.5 Å². The summed E-state index contributed by atoms with van der Waals surface area (Å²) in [6, 6.07) is 7.23. The Bertz CT molecular complexity index is 513. The molecule has 21 heavy (non-hydrogen) atoms. The molecule has 0 radical (unpaired) electrons. The van der Waals surface area contributed by atoms with Crippen molar-refractivity contribution in [2.75, 3.05) is 0 Å². The van der Waals surface area contributed by atoms with Gasteiger partial charge in [0.1, 0.15) is 0 Å². The minimum Gasteiger partial charge on any atom is -0.0596 e. The lowest BCUT2D eigenvalue weighted by Gasteiger charge is -2.52. The molecule has 0 heterocycles. The van der Waals surface area contributed by atoms with Crippen molar-refractivity contribution in [3.8, 4) is 0 Å². The predicted octanol–water partition coefficient (Wildman–Crippen LogP) is 6.16. The fourth-order valence-electron chi connectivity index (χ4n) is 4.33. The van der Waals surface area contributed by atoms with Gasteiger partial charge in [0, 0.05) is 0 Å². The fourth-order valence-corrected chi connectivity index (χ4v) is 4.33. The zero-order chi connectivity index (χ0) is 16.3. The van der Waals surface area contributed by atoms with Crippen LogP contribution in [0.1, 0.15) is 79.0 Å². The van der Waals surface area contributed by atoms with Crippen LogP contribution in [-0.2, 0) is 18.3 Å². The highest BCUT2D eigenvalue weighted by Crippen LogP contribution is 2.59. The first-order valence-corrected chi connectivity index (χ1v) is 8.40. The molecule has 118 valence electrons. The number of rotatable bonds is 0. The van der Waals surface area contributed by atoms with E-state index >= 15 is 0 Å². The Morgan fingerprint density at radius 1 is 0.714 bits per heavy atom. The molecule has 0 spiro atoms. The fraction of sp³-hybridized carbons (Fsp3) is 0.714. The van der Waals surface area contributed by atoms with Gasteiger partial charge in [-0.2, -0.15) is 0 Å². The zero-order valence-corrected chi connectivity index (χ0v) is 15.6. The molecule has 0 bridgehead atoms. The summed E-state index contributed by atoms with van der Waals surface area (Å²) >= 11 is 0. The quantitative estimate of drug-likeness (QED) is 0.535. The van der Waals surface area contributed by atoms with Gasteiger partial charge in [-0.3, -0.25) is 0 Å². The maximum atomic E-state index is 2.48. The summed E-state index contributed by atoms with van der Waals surface area (Å²) < 4.78 is 0. The zero-order valence-electron chi connectivity index (χ0n) is 15.6. The molecular weight excluding hydrogens is 252 g/mol. The Kier molecular flexibility index (Phi) is 3.64. The molecule has 0 saturated heterocycles. The number of hydrogen-bond acceptors (Lipinski definition) is 0. The summed E-state index contributed by atoms with van der Waals surface area (Å²) in [5, 5.41) is 0. The summed E-state index contributed by atoms with van der Waals surface area (Å²) in [5.74, 6) is 0. The maximum absolute atomic E-state index is 2.48. The average molecular weight is 287 g/mol. The normalized spacial score (nSPS) is 18.7. The van der Waals surface area contributed by atoms with Gasteiger partial charge in [-0.15, -0.1) is 0 Å². The molecule has 1 aliphatic rings. The molecule has 0 N–H and O–H groups in total. The second-order valence-corrected chi connectivity index (χ2v) is 10.2. The Balaban J connectivity index is 2.50. The molecule has 2 rings (SSSR count). The van der Waals surface area contributed by atoms with Crippen molar-refractivity contribution in [2.24, 2.45) is 16.2 Å². The van der Waals surface area contributed by atoms with Crippen LogP contribution in [0.2, 0.25) is 0 Å². The van der Waals surface area contributed by atoms with Crippen LogP contribution >= 0.6 is 0 Å². The van der Waals surface area contributed by atoms with Gasteiger partial charge in [0.05, 0.1) is 0 Å². The minimum atomic E-state index is 0.240. The molecule has 0 saturated carbocycles. The van der Waals surface area contributed by atoms with E-state index in [0.717, 1.165) is 0 Å². The van der Waals surface area contributed by atoms with E-state index in [1.165, 1.54) is 18.4 Å². The first-order valence-electron chi connectivity index (χ1n) is 8.40. The monoisotopic (exact) mass is 286 g/mol. The lowest BCUT2D eigenvalue weighted by atomic mass is 9.52. The number of fused-ring (bicyclic) bond motifs is 1. The van der Waals surface area contributed by atoms with Crippen molar-refractivity contribution in [2.45, 2.75) is 80.6 Å². The molecule has 0 amide bonds. The number of benzene rings is 1. The van der Waals surface area contributed by atoms with Gasteiger partial charge < -0.3 is 0 Å². The van der Waals surface area contributed by atoms with Crippen LogP contribution in [0.5, 0.6) is 0 Å². The van der Waals surface area contributed by atoms with Crippen LogP contribution < -0.4 is 0 Å². The first kappa shape index (κ1) is 16.6. The van der Waals surface area contributed by atoms with Crippen molar-refractivity contribution < 1.29 is 0 Å². The maximum Gasteiger partial charge on any atom is -0.0119 e. The molecule has 0 heteroatoms. The van der Waals surface area contributed by atoms with Gasteiger partial charge in [0.2, 0.25) is 0 Å². The van der Waals surface area contributed by atoms with E-state index in [0.29, 0.717) is 16.2 Å². The highest BCUT2D eigenvalue weighted by Gasteiger charge is 2.53. The summed E-state index contributed by atoms with van der Waals surface area (Å²) in [6.07, 6.45) is 2.44. The van der Waals surface area contributed by atoms with E-state index in [1.807, 2.05) is 0 Å². The summed E-state index contributed by atoms with van der Waals surface area (Å²) in [4.78, 5) is 0. The third-order valence-corrected chi connectivity index (χ3v) is 5.93. The SMILES string of the molecule is CC(C)(C)c1ccc2c(c1)CC(C(C)(C)C)(C(C)(C)C)C2. The second-order valence-electron chi connectivity index (χ2n) is 10.2. The highest BCUT2D eigenvalue weighted by atomic mass is 14.6. The van der Waals surface area contributed by atoms with Crippen LogP contribution in [0.4, 0.5) is 0 Å².